The number of halogens is 1. The molecule has 0 aliphatic carbocycles. The Hall–Kier alpha value is -2.26. The molecule has 0 spiro atoms. The van der Waals surface area contributed by atoms with Gasteiger partial charge in [0.2, 0.25) is 11.8 Å². The zero-order chi connectivity index (χ0) is 19.2. The summed E-state index contributed by atoms with van der Waals surface area (Å²) < 4.78 is 10.6. The number of hydrogen-bond acceptors (Lipinski definition) is 7. The molecule has 2 heterocycles. The Balaban J connectivity index is 1.49. The number of hydrogen-bond donors (Lipinski definition) is 0. The molecule has 0 N–H and O–H groups in total. The van der Waals surface area contributed by atoms with Crippen LogP contribution in [0.1, 0.15) is 6.92 Å². The molecule has 144 valence electrons. The first-order valence-corrected chi connectivity index (χ1v) is 9.85. The van der Waals surface area contributed by atoms with E-state index in [2.05, 4.69) is 10.2 Å². The second kappa shape index (κ2) is 9.09. The van der Waals surface area contributed by atoms with Crippen molar-refractivity contribution in [1.82, 2.24) is 20.0 Å². The summed E-state index contributed by atoms with van der Waals surface area (Å²) in [7, 11) is 0. The lowest BCUT2D eigenvalue weighted by molar-refractivity contribution is -0.129. The van der Waals surface area contributed by atoms with Crippen LogP contribution in [-0.2, 0) is 9.53 Å². The highest BCUT2D eigenvalue weighted by atomic mass is 35.5. The smallest absolute Gasteiger partial charge is 0.409 e. The summed E-state index contributed by atoms with van der Waals surface area (Å²) in [6.45, 7) is 4.00. The van der Waals surface area contributed by atoms with Crippen molar-refractivity contribution in [2.75, 3.05) is 38.5 Å². The van der Waals surface area contributed by atoms with Gasteiger partial charge in [-0.3, -0.25) is 4.79 Å². The number of amides is 2. The molecule has 10 heteroatoms. The minimum Gasteiger partial charge on any atom is -0.450 e. The van der Waals surface area contributed by atoms with Crippen LogP contribution < -0.4 is 0 Å². The Labute approximate surface area is 165 Å². The highest BCUT2D eigenvalue weighted by Gasteiger charge is 2.25. The fourth-order valence-electron chi connectivity index (χ4n) is 2.58. The number of carbonyl (C=O) groups excluding carboxylic acids is 2. The number of rotatable bonds is 5. The monoisotopic (exact) mass is 410 g/mol. The maximum atomic E-state index is 12.4. The average molecular weight is 411 g/mol. The predicted molar refractivity (Wildman–Crippen MR) is 101 cm³/mol. The number of nitrogens with zero attached hydrogens (tertiary/aromatic N) is 4. The molecule has 1 aromatic heterocycles. The van der Waals surface area contributed by atoms with Crippen molar-refractivity contribution >= 4 is 35.4 Å². The van der Waals surface area contributed by atoms with Crippen LogP contribution in [0.4, 0.5) is 4.79 Å². The largest absolute Gasteiger partial charge is 0.450 e. The molecule has 0 radical (unpaired) electrons. The second-order valence-corrected chi connectivity index (χ2v) is 7.04. The summed E-state index contributed by atoms with van der Waals surface area (Å²) in [5.74, 6) is 0.461. The third kappa shape index (κ3) is 4.92. The zero-order valence-electron chi connectivity index (χ0n) is 14.8. The summed E-state index contributed by atoms with van der Waals surface area (Å²) in [5, 5.41) is 8.76. The van der Waals surface area contributed by atoms with E-state index >= 15 is 0 Å². The molecule has 1 saturated heterocycles. The molecular weight excluding hydrogens is 392 g/mol. The molecule has 8 nitrogen and oxygen atoms in total. The lowest BCUT2D eigenvalue weighted by Crippen LogP contribution is -2.51. The Morgan fingerprint density at radius 1 is 1.19 bits per heavy atom. The van der Waals surface area contributed by atoms with Gasteiger partial charge in [0.25, 0.3) is 5.22 Å². The highest BCUT2D eigenvalue weighted by molar-refractivity contribution is 7.99. The fraction of sp³-hybridized carbons (Fsp3) is 0.412. The van der Waals surface area contributed by atoms with Gasteiger partial charge in [0.1, 0.15) is 0 Å². The van der Waals surface area contributed by atoms with Crippen molar-refractivity contribution in [3.8, 4) is 11.5 Å². The number of carbonyl (C=O) groups is 2. The molecule has 3 rings (SSSR count). The number of ether oxygens (including phenoxy) is 1. The second-order valence-electron chi connectivity index (χ2n) is 5.71. The van der Waals surface area contributed by atoms with Gasteiger partial charge in [-0.15, -0.1) is 10.2 Å². The van der Waals surface area contributed by atoms with Crippen LogP contribution in [0.2, 0.25) is 5.02 Å². The summed E-state index contributed by atoms with van der Waals surface area (Å²) in [6, 6.07) is 7.18. The van der Waals surface area contributed by atoms with Gasteiger partial charge in [0.05, 0.1) is 22.9 Å². The quantitative estimate of drug-likeness (QED) is 0.700. The first-order valence-electron chi connectivity index (χ1n) is 8.49. The third-order valence-corrected chi connectivity index (χ3v) is 5.12. The van der Waals surface area contributed by atoms with Crippen molar-refractivity contribution in [3.05, 3.63) is 29.3 Å². The Morgan fingerprint density at radius 3 is 2.59 bits per heavy atom. The summed E-state index contributed by atoms with van der Waals surface area (Å²) >= 11 is 7.30. The van der Waals surface area contributed by atoms with Crippen LogP contribution in [0.3, 0.4) is 0 Å². The SMILES string of the molecule is CCOC(=O)N1CCN(C(=O)CSc2nnc(-c3ccccc3Cl)o2)CC1. The van der Waals surface area contributed by atoms with Gasteiger partial charge in [-0.25, -0.2) is 4.79 Å². The van der Waals surface area contributed by atoms with Crippen molar-refractivity contribution in [2.45, 2.75) is 12.1 Å². The minimum atomic E-state index is -0.336. The molecule has 2 amide bonds. The molecule has 1 aromatic carbocycles. The van der Waals surface area contributed by atoms with E-state index in [1.807, 2.05) is 12.1 Å². The van der Waals surface area contributed by atoms with Crippen molar-refractivity contribution in [1.29, 1.82) is 0 Å². The van der Waals surface area contributed by atoms with Gasteiger partial charge in [0.15, 0.2) is 0 Å². The fourth-order valence-corrected chi connectivity index (χ4v) is 3.46. The van der Waals surface area contributed by atoms with Gasteiger partial charge < -0.3 is 19.0 Å². The summed E-state index contributed by atoms with van der Waals surface area (Å²) in [4.78, 5) is 27.4. The van der Waals surface area contributed by atoms with Crippen LogP contribution in [-0.4, -0.2) is 70.5 Å². The summed E-state index contributed by atoms with van der Waals surface area (Å²) in [5.41, 5.74) is 0.653. The van der Waals surface area contributed by atoms with E-state index in [0.29, 0.717) is 54.5 Å². The average Bonchev–Trinajstić information content (AvgIpc) is 3.15. The number of benzene rings is 1. The van der Waals surface area contributed by atoms with E-state index in [9.17, 15) is 9.59 Å². The number of thioether (sulfide) groups is 1. The van der Waals surface area contributed by atoms with Crippen LogP contribution >= 0.6 is 23.4 Å². The first-order chi connectivity index (χ1) is 13.1. The molecule has 0 unspecified atom stereocenters. The maximum absolute atomic E-state index is 12.4. The Morgan fingerprint density at radius 2 is 1.89 bits per heavy atom. The van der Waals surface area contributed by atoms with Crippen molar-refractivity contribution in [3.63, 3.8) is 0 Å². The summed E-state index contributed by atoms with van der Waals surface area (Å²) in [6.07, 6.45) is -0.336. The van der Waals surface area contributed by atoms with Gasteiger partial charge in [-0.05, 0) is 19.1 Å². The van der Waals surface area contributed by atoms with Crippen LogP contribution in [0.15, 0.2) is 33.9 Å². The number of piperazine rings is 1. The van der Waals surface area contributed by atoms with Gasteiger partial charge >= 0.3 is 6.09 Å². The molecule has 1 fully saturated rings. The molecule has 1 aliphatic heterocycles. The molecule has 0 bridgehead atoms. The van der Waals surface area contributed by atoms with E-state index in [4.69, 9.17) is 20.8 Å². The zero-order valence-corrected chi connectivity index (χ0v) is 16.3. The van der Waals surface area contributed by atoms with Gasteiger partial charge in [-0.1, -0.05) is 35.5 Å². The predicted octanol–water partition coefficient (Wildman–Crippen LogP) is 2.78. The Bertz CT molecular complexity index is 808. The number of aromatic nitrogens is 2. The van der Waals surface area contributed by atoms with Gasteiger partial charge in [-0.2, -0.15) is 0 Å². The lowest BCUT2D eigenvalue weighted by Gasteiger charge is -2.33. The van der Waals surface area contributed by atoms with E-state index in [0.717, 1.165) is 0 Å². The normalized spacial score (nSPS) is 14.3. The molecule has 0 saturated carbocycles. The molecular formula is C17H19ClN4O4S. The molecule has 0 atom stereocenters. The van der Waals surface area contributed by atoms with Gasteiger partial charge in [0, 0.05) is 26.2 Å². The van der Waals surface area contributed by atoms with Crippen LogP contribution in [0.25, 0.3) is 11.5 Å². The van der Waals surface area contributed by atoms with Crippen molar-refractivity contribution < 1.29 is 18.7 Å². The van der Waals surface area contributed by atoms with E-state index in [1.54, 1.807) is 28.9 Å². The van der Waals surface area contributed by atoms with E-state index < -0.39 is 0 Å². The standard InChI is InChI=1S/C17H19ClN4O4S/c1-2-25-17(24)22-9-7-21(8-10-22)14(23)11-27-16-20-19-15(26-16)12-5-3-4-6-13(12)18/h3-6H,2,7-11H2,1H3. The van der Waals surface area contributed by atoms with E-state index in [1.165, 1.54) is 11.8 Å². The topological polar surface area (TPSA) is 88.8 Å². The molecule has 2 aromatic rings. The van der Waals surface area contributed by atoms with Crippen LogP contribution in [0.5, 0.6) is 0 Å². The Kier molecular flexibility index (Phi) is 6.57. The maximum Gasteiger partial charge on any atom is 0.409 e. The molecule has 27 heavy (non-hydrogen) atoms. The molecule has 1 aliphatic rings. The van der Waals surface area contributed by atoms with Crippen LogP contribution in [0, 0.1) is 0 Å². The lowest BCUT2D eigenvalue weighted by atomic mass is 10.2. The van der Waals surface area contributed by atoms with Crippen molar-refractivity contribution in [2.24, 2.45) is 0 Å². The first kappa shape index (κ1) is 19.5. The van der Waals surface area contributed by atoms with E-state index in [-0.39, 0.29) is 17.8 Å². The minimum absolute atomic E-state index is 0.0407. The highest BCUT2D eigenvalue weighted by Crippen LogP contribution is 2.28. The third-order valence-electron chi connectivity index (χ3n) is 3.99.